The molecule has 4 rings (SSSR count). The number of halogens is 1. The fourth-order valence-corrected chi connectivity index (χ4v) is 4.76. The fourth-order valence-electron chi connectivity index (χ4n) is 3.55. The number of hydrogen-bond donors (Lipinski definition) is 2. The highest BCUT2D eigenvalue weighted by molar-refractivity contribution is 14.0. The first-order chi connectivity index (χ1) is 14.2. The lowest BCUT2D eigenvalue weighted by Gasteiger charge is -2.21. The van der Waals surface area contributed by atoms with Gasteiger partial charge in [-0.25, -0.2) is 15.0 Å². The van der Waals surface area contributed by atoms with Gasteiger partial charge in [-0.2, -0.15) is 5.10 Å². The number of fused-ring (bicyclic) bond motifs is 1. The van der Waals surface area contributed by atoms with E-state index >= 15 is 0 Å². The summed E-state index contributed by atoms with van der Waals surface area (Å²) in [4.78, 5) is 17.6. The molecule has 0 fully saturated rings. The van der Waals surface area contributed by atoms with Gasteiger partial charge >= 0.3 is 0 Å². The van der Waals surface area contributed by atoms with Crippen LogP contribution in [0.1, 0.15) is 40.9 Å². The first kappa shape index (κ1) is 22.7. The minimum Gasteiger partial charge on any atom is -0.357 e. The number of guanidine groups is 1. The van der Waals surface area contributed by atoms with Crippen molar-refractivity contribution in [3.8, 4) is 11.4 Å². The number of benzene rings is 1. The minimum absolute atomic E-state index is 0. The Kier molecular flexibility index (Phi) is 8.20. The van der Waals surface area contributed by atoms with Gasteiger partial charge in [-0.15, -0.1) is 35.3 Å². The molecule has 30 heavy (non-hydrogen) atoms. The monoisotopic (exact) mass is 537 g/mol. The normalized spacial score (nSPS) is 13.5. The molecule has 9 heteroatoms. The third kappa shape index (κ3) is 5.57. The van der Waals surface area contributed by atoms with Crippen molar-refractivity contribution in [3.63, 3.8) is 0 Å². The van der Waals surface area contributed by atoms with Gasteiger partial charge in [-0.3, -0.25) is 5.10 Å². The van der Waals surface area contributed by atoms with Crippen LogP contribution in [0, 0.1) is 0 Å². The van der Waals surface area contributed by atoms with Gasteiger partial charge < -0.3 is 10.2 Å². The summed E-state index contributed by atoms with van der Waals surface area (Å²) >= 11 is 1.86. The molecule has 160 valence electrons. The molecule has 0 spiro atoms. The van der Waals surface area contributed by atoms with E-state index in [1.807, 2.05) is 23.5 Å². The van der Waals surface area contributed by atoms with Crippen LogP contribution in [0.25, 0.3) is 11.4 Å². The van der Waals surface area contributed by atoms with Gasteiger partial charge in [0.25, 0.3) is 0 Å². The number of aliphatic imine (C=N–C) groups is 1. The molecule has 0 bridgehead atoms. The molecule has 0 aliphatic heterocycles. The summed E-state index contributed by atoms with van der Waals surface area (Å²) in [6.45, 7) is 4.30. The number of nitrogens with one attached hydrogen (secondary N) is 2. The average molecular weight is 537 g/mol. The maximum atomic E-state index is 4.87. The third-order valence-corrected chi connectivity index (χ3v) is 6.13. The van der Waals surface area contributed by atoms with E-state index in [1.54, 1.807) is 0 Å². The Morgan fingerprint density at radius 2 is 2.17 bits per heavy atom. The van der Waals surface area contributed by atoms with Crippen LogP contribution in [0.15, 0.2) is 35.6 Å². The summed E-state index contributed by atoms with van der Waals surface area (Å²) in [5.41, 5.74) is 3.46. The Bertz CT molecular complexity index is 944. The SMILES string of the molecule is CCNC(=NCc1cccc(-c2ncn[nH]2)c1)N(C)Cc1nc2c(s1)CCCC2.I. The highest BCUT2D eigenvalue weighted by Gasteiger charge is 2.17. The molecular weight excluding hydrogens is 509 g/mol. The second-order valence-electron chi connectivity index (χ2n) is 7.25. The maximum absolute atomic E-state index is 4.87. The van der Waals surface area contributed by atoms with Gasteiger partial charge in [0.2, 0.25) is 0 Å². The predicted molar refractivity (Wildman–Crippen MR) is 132 cm³/mol. The summed E-state index contributed by atoms with van der Waals surface area (Å²) in [5.74, 6) is 1.67. The number of rotatable bonds is 6. The van der Waals surface area contributed by atoms with Crippen molar-refractivity contribution in [2.24, 2.45) is 4.99 Å². The van der Waals surface area contributed by atoms with E-state index in [1.165, 1.54) is 41.2 Å². The van der Waals surface area contributed by atoms with Crippen LogP contribution in [-0.2, 0) is 25.9 Å². The predicted octanol–water partition coefficient (Wildman–Crippen LogP) is 4.02. The van der Waals surface area contributed by atoms with Crippen molar-refractivity contribution in [1.82, 2.24) is 30.4 Å². The number of nitrogens with zero attached hydrogens (tertiary/aromatic N) is 5. The van der Waals surface area contributed by atoms with E-state index in [0.717, 1.165) is 42.4 Å². The summed E-state index contributed by atoms with van der Waals surface area (Å²) < 4.78 is 0. The van der Waals surface area contributed by atoms with Crippen LogP contribution in [0.3, 0.4) is 0 Å². The van der Waals surface area contributed by atoms with Gasteiger partial charge in [0.15, 0.2) is 11.8 Å². The Morgan fingerprint density at radius 1 is 1.30 bits per heavy atom. The lowest BCUT2D eigenvalue weighted by Crippen LogP contribution is -2.38. The lowest BCUT2D eigenvalue weighted by atomic mass is 10.0. The second-order valence-corrected chi connectivity index (χ2v) is 8.41. The van der Waals surface area contributed by atoms with E-state index in [2.05, 4.69) is 51.5 Å². The largest absolute Gasteiger partial charge is 0.357 e. The minimum atomic E-state index is 0. The van der Waals surface area contributed by atoms with Crippen molar-refractivity contribution in [3.05, 3.63) is 51.7 Å². The molecule has 2 heterocycles. The van der Waals surface area contributed by atoms with E-state index < -0.39 is 0 Å². The molecule has 2 N–H and O–H groups in total. The molecule has 7 nitrogen and oxygen atoms in total. The highest BCUT2D eigenvalue weighted by Crippen LogP contribution is 2.27. The van der Waals surface area contributed by atoms with Gasteiger partial charge in [-0.05, 0) is 44.2 Å². The van der Waals surface area contributed by atoms with Crippen molar-refractivity contribution in [2.45, 2.75) is 45.7 Å². The number of aromatic amines is 1. The topological polar surface area (TPSA) is 82.1 Å². The first-order valence-corrected chi connectivity index (χ1v) is 11.0. The molecule has 3 aromatic rings. The molecule has 1 aliphatic rings. The standard InChI is InChI=1S/C21H27N7S.HI/c1-3-22-21(28(2)13-19-26-17-9-4-5-10-18(17)29-19)23-12-15-7-6-8-16(11-15)20-24-14-25-27-20;/h6-8,11,14H,3-5,9-10,12-13H2,1-2H3,(H,22,23)(H,24,25,27);1H. The zero-order valence-electron chi connectivity index (χ0n) is 17.4. The average Bonchev–Trinajstić information content (AvgIpc) is 3.40. The van der Waals surface area contributed by atoms with Crippen LogP contribution < -0.4 is 5.32 Å². The molecule has 0 atom stereocenters. The Hall–Kier alpha value is -2.01. The summed E-state index contributed by atoms with van der Waals surface area (Å²) in [5, 5.41) is 11.4. The van der Waals surface area contributed by atoms with E-state index in [0.29, 0.717) is 6.54 Å². The van der Waals surface area contributed by atoms with Crippen LogP contribution >= 0.6 is 35.3 Å². The van der Waals surface area contributed by atoms with Crippen LogP contribution in [-0.4, -0.2) is 44.6 Å². The number of H-pyrrole nitrogens is 1. The molecule has 0 amide bonds. The van der Waals surface area contributed by atoms with Gasteiger partial charge in [0.05, 0.1) is 18.8 Å². The Labute approximate surface area is 198 Å². The molecule has 0 radical (unpaired) electrons. The highest BCUT2D eigenvalue weighted by atomic mass is 127. The maximum Gasteiger partial charge on any atom is 0.194 e. The molecule has 1 aromatic carbocycles. The van der Waals surface area contributed by atoms with Gasteiger partial charge in [-0.1, -0.05) is 18.2 Å². The number of hydrogen-bond acceptors (Lipinski definition) is 5. The van der Waals surface area contributed by atoms with E-state index in [4.69, 9.17) is 9.98 Å². The number of aryl methyl sites for hydroxylation is 2. The summed E-state index contributed by atoms with van der Waals surface area (Å²) in [6, 6.07) is 8.24. The molecule has 0 saturated carbocycles. The number of aromatic nitrogens is 4. The van der Waals surface area contributed by atoms with Crippen molar-refractivity contribution in [2.75, 3.05) is 13.6 Å². The van der Waals surface area contributed by atoms with Crippen LogP contribution in [0.5, 0.6) is 0 Å². The van der Waals surface area contributed by atoms with Gasteiger partial charge in [0, 0.05) is 24.0 Å². The van der Waals surface area contributed by atoms with E-state index in [9.17, 15) is 0 Å². The second kappa shape index (κ2) is 10.9. The van der Waals surface area contributed by atoms with Crippen molar-refractivity contribution >= 4 is 41.3 Å². The summed E-state index contributed by atoms with van der Waals surface area (Å²) in [7, 11) is 2.08. The smallest absolute Gasteiger partial charge is 0.194 e. The van der Waals surface area contributed by atoms with E-state index in [-0.39, 0.29) is 24.0 Å². The zero-order valence-corrected chi connectivity index (χ0v) is 20.5. The number of thiazole rings is 1. The first-order valence-electron chi connectivity index (χ1n) is 10.1. The van der Waals surface area contributed by atoms with Crippen molar-refractivity contribution in [1.29, 1.82) is 0 Å². The summed E-state index contributed by atoms with van der Waals surface area (Å²) in [6.07, 6.45) is 6.40. The third-order valence-electron chi connectivity index (χ3n) is 4.99. The fraction of sp³-hybridized carbons (Fsp3) is 0.429. The van der Waals surface area contributed by atoms with Crippen LogP contribution in [0.2, 0.25) is 0 Å². The van der Waals surface area contributed by atoms with Crippen LogP contribution in [0.4, 0.5) is 0 Å². The Morgan fingerprint density at radius 3 is 2.93 bits per heavy atom. The van der Waals surface area contributed by atoms with Crippen molar-refractivity contribution < 1.29 is 0 Å². The quantitative estimate of drug-likeness (QED) is 0.282. The molecule has 0 saturated heterocycles. The lowest BCUT2D eigenvalue weighted by molar-refractivity contribution is 0.474. The zero-order chi connectivity index (χ0) is 20.1. The molecule has 0 unspecified atom stereocenters. The molecule has 2 aromatic heterocycles. The Balaban J connectivity index is 0.00000256. The van der Waals surface area contributed by atoms with Gasteiger partial charge in [0.1, 0.15) is 11.3 Å². The molecular formula is C21H28IN7S. The molecule has 1 aliphatic carbocycles.